The molecule has 1 fully saturated rings. The number of cyclic esters (lactones) is 1. The highest BCUT2D eigenvalue weighted by atomic mass is 19.1. The Morgan fingerprint density at radius 3 is 3.11 bits per heavy atom. The molecule has 52 valence electrons. The van der Waals surface area contributed by atoms with Gasteiger partial charge in [-0.2, -0.15) is 0 Å². The molecule has 0 bridgehead atoms. The Morgan fingerprint density at radius 1 is 1.56 bits per heavy atom. The van der Waals surface area contributed by atoms with Crippen molar-refractivity contribution in [3.8, 4) is 0 Å². The van der Waals surface area contributed by atoms with E-state index in [0.29, 0.717) is 13.0 Å². The number of carbonyl (C=O) groups excluding carboxylic acids is 1. The number of carbonyl (C=O) groups is 1. The Morgan fingerprint density at radius 2 is 2.33 bits per heavy atom. The van der Waals surface area contributed by atoms with Crippen LogP contribution in [0, 0.1) is 0 Å². The van der Waals surface area contributed by atoms with Crippen LogP contribution in [-0.2, 0) is 9.53 Å². The summed E-state index contributed by atoms with van der Waals surface area (Å²) in [5, 5.41) is 0. The molecule has 1 aliphatic heterocycles. The van der Waals surface area contributed by atoms with Crippen LogP contribution in [0.3, 0.4) is 0 Å². The molecule has 0 spiro atoms. The number of alkyl halides is 1. The summed E-state index contributed by atoms with van der Waals surface area (Å²) in [6.45, 7) is 0.388. The first-order valence-electron chi connectivity index (χ1n) is 3.11. The van der Waals surface area contributed by atoms with E-state index in [0.717, 1.165) is 12.8 Å². The number of halogens is 1. The molecule has 3 heteroatoms. The van der Waals surface area contributed by atoms with Gasteiger partial charge in [0.1, 0.15) is 0 Å². The van der Waals surface area contributed by atoms with E-state index in [1.165, 1.54) is 0 Å². The summed E-state index contributed by atoms with van der Waals surface area (Å²) in [7, 11) is 0. The highest BCUT2D eigenvalue weighted by Gasteiger charge is 2.20. The monoisotopic (exact) mass is 132 g/mol. The maximum absolute atomic E-state index is 12.4. The predicted molar refractivity (Wildman–Crippen MR) is 29.7 cm³/mol. The molecular formula is C6H9FO2. The lowest BCUT2D eigenvalue weighted by atomic mass is 10.2. The summed E-state index contributed by atoms with van der Waals surface area (Å²) in [6.07, 6.45) is 0.519. The minimum Gasteiger partial charge on any atom is -0.464 e. The minimum atomic E-state index is -1.37. The highest BCUT2D eigenvalue weighted by molar-refractivity contribution is 5.74. The fraction of sp³-hybridized carbons (Fsp3) is 0.833. The van der Waals surface area contributed by atoms with Crippen molar-refractivity contribution in [3.05, 3.63) is 0 Å². The first-order chi connectivity index (χ1) is 4.30. The summed E-state index contributed by atoms with van der Waals surface area (Å²) in [6, 6.07) is 0. The van der Waals surface area contributed by atoms with Crippen molar-refractivity contribution in [2.75, 3.05) is 6.61 Å². The van der Waals surface area contributed by atoms with Crippen molar-refractivity contribution in [2.24, 2.45) is 0 Å². The molecule has 1 heterocycles. The molecule has 0 amide bonds. The van der Waals surface area contributed by atoms with Crippen LogP contribution < -0.4 is 0 Å². The third kappa shape index (κ3) is 1.66. The van der Waals surface area contributed by atoms with E-state index >= 15 is 0 Å². The number of hydrogen-bond donors (Lipinski definition) is 0. The van der Waals surface area contributed by atoms with Gasteiger partial charge in [-0.15, -0.1) is 0 Å². The average molecular weight is 132 g/mol. The van der Waals surface area contributed by atoms with E-state index in [1.807, 2.05) is 0 Å². The second kappa shape index (κ2) is 2.80. The first kappa shape index (κ1) is 6.52. The molecular weight excluding hydrogens is 123 g/mol. The standard InChI is InChI=1S/C6H9FO2/c7-5-3-1-2-4-9-6(5)8/h5H,1-4H2. The summed E-state index contributed by atoms with van der Waals surface area (Å²) in [5.41, 5.74) is 0. The fourth-order valence-corrected chi connectivity index (χ4v) is 0.807. The topological polar surface area (TPSA) is 26.3 Å². The van der Waals surface area contributed by atoms with Gasteiger partial charge in [0.25, 0.3) is 0 Å². The average Bonchev–Trinajstić information content (AvgIpc) is 1.99. The van der Waals surface area contributed by atoms with Gasteiger partial charge in [0.15, 0.2) is 6.17 Å². The van der Waals surface area contributed by atoms with Crippen LogP contribution >= 0.6 is 0 Å². The molecule has 0 radical (unpaired) electrons. The van der Waals surface area contributed by atoms with Crippen molar-refractivity contribution in [1.82, 2.24) is 0 Å². The molecule has 0 aromatic heterocycles. The maximum atomic E-state index is 12.4. The van der Waals surface area contributed by atoms with Crippen molar-refractivity contribution in [2.45, 2.75) is 25.4 Å². The molecule has 9 heavy (non-hydrogen) atoms. The molecule has 0 aliphatic carbocycles. The van der Waals surface area contributed by atoms with E-state index in [1.54, 1.807) is 0 Å². The van der Waals surface area contributed by atoms with E-state index < -0.39 is 12.1 Å². The minimum absolute atomic E-state index is 0.332. The smallest absolute Gasteiger partial charge is 0.340 e. The predicted octanol–water partition coefficient (Wildman–Crippen LogP) is 1.05. The number of rotatable bonds is 0. The van der Waals surface area contributed by atoms with Crippen LogP contribution in [0.2, 0.25) is 0 Å². The zero-order chi connectivity index (χ0) is 6.69. The van der Waals surface area contributed by atoms with Gasteiger partial charge >= 0.3 is 5.97 Å². The first-order valence-corrected chi connectivity index (χ1v) is 3.11. The van der Waals surface area contributed by atoms with Crippen molar-refractivity contribution in [1.29, 1.82) is 0 Å². The fourth-order valence-electron chi connectivity index (χ4n) is 0.807. The Labute approximate surface area is 53.0 Å². The van der Waals surface area contributed by atoms with Gasteiger partial charge in [0.05, 0.1) is 6.61 Å². The van der Waals surface area contributed by atoms with Crippen molar-refractivity contribution < 1.29 is 13.9 Å². The maximum Gasteiger partial charge on any atom is 0.340 e. The Bertz CT molecular complexity index is 114. The van der Waals surface area contributed by atoms with E-state index in [4.69, 9.17) is 0 Å². The third-order valence-electron chi connectivity index (χ3n) is 1.35. The van der Waals surface area contributed by atoms with E-state index in [2.05, 4.69) is 4.74 Å². The van der Waals surface area contributed by atoms with Crippen LogP contribution in [0.4, 0.5) is 4.39 Å². The summed E-state index contributed by atoms with van der Waals surface area (Å²) in [5.74, 6) is -0.687. The zero-order valence-corrected chi connectivity index (χ0v) is 5.10. The molecule has 1 saturated heterocycles. The van der Waals surface area contributed by atoms with Gasteiger partial charge in [-0.05, 0) is 19.3 Å². The van der Waals surface area contributed by atoms with Crippen LogP contribution in [0.15, 0.2) is 0 Å². The Hall–Kier alpha value is -0.600. The molecule has 0 N–H and O–H groups in total. The van der Waals surface area contributed by atoms with Gasteiger partial charge < -0.3 is 4.74 Å². The molecule has 1 unspecified atom stereocenters. The quantitative estimate of drug-likeness (QED) is 0.460. The SMILES string of the molecule is O=C1OCCCCC1F. The highest BCUT2D eigenvalue weighted by Crippen LogP contribution is 2.11. The summed E-state index contributed by atoms with van der Waals surface area (Å²) < 4.78 is 16.9. The number of ether oxygens (including phenoxy) is 1. The zero-order valence-electron chi connectivity index (χ0n) is 5.10. The molecule has 0 aromatic carbocycles. The Kier molecular flexibility index (Phi) is 2.03. The van der Waals surface area contributed by atoms with Gasteiger partial charge in [0, 0.05) is 0 Å². The lowest BCUT2D eigenvalue weighted by molar-refractivity contribution is -0.148. The number of hydrogen-bond acceptors (Lipinski definition) is 2. The lowest BCUT2D eigenvalue weighted by Gasteiger charge is -1.99. The second-order valence-electron chi connectivity index (χ2n) is 2.13. The van der Waals surface area contributed by atoms with Crippen LogP contribution in [-0.4, -0.2) is 18.7 Å². The van der Waals surface area contributed by atoms with Gasteiger partial charge in [-0.1, -0.05) is 0 Å². The number of esters is 1. The summed E-state index contributed by atoms with van der Waals surface area (Å²) >= 11 is 0. The molecule has 1 rings (SSSR count). The molecule has 2 nitrogen and oxygen atoms in total. The van der Waals surface area contributed by atoms with Crippen LogP contribution in [0.25, 0.3) is 0 Å². The van der Waals surface area contributed by atoms with Crippen molar-refractivity contribution in [3.63, 3.8) is 0 Å². The molecule has 1 atom stereocenters. The van der Waals surface area contributed by atoms with Gasteiger partial charge in [-0.3, -0.25) is 0 Å². The largest absolute Gasteiger partial charge is 0.464 e. The van der Waals surface area contributed by atoms with Gasteiger partial charge in [0.2, 0.25) is 0 Å². The van der Waals surface area contributed by atoms with Crippen molar-refractivity contribution >= 4 is 5.97 Å². The van der Waals surface area contributed by atoms with E-state index in [9.17, 15) is 9.18 Å². The third-order valence-corrected chi connectivity index (χ3v) is 1.35. The van der Waals surface area contributed by atoms with Crippen LogP contribution in [0.1, 0.15) is 19.3 Å². The Balaban J connectivity index is 2.41. The second-order valence-corrected chi connectivity index (χ2v) is 2.13. The van der Waals surface area contributed by atoms with E-state index in [-0.39, 0.29) is 0 Å². The van der Waals surface area contributed by atoms with Crippen LogP contribution in [0.5, 0.6) is 0 Å². The summed E-state index contributed by atoms with van der Waals surface area (Å²) in [4.78, 5) is 10.4. The molecule has 1 aliphatic rings. The molecule has 0 saturated carbocycles. The van der Waals surface area contributed by atoms with Gasteiger partial charge in [-0.25, -0.2) is 9.18 Å². The normalized spacial score (nSPS) is 29.0. The molecule has 0 aromatic rings. The lowest BCUT2D eigenvalue weighted by Crippen LogP contribution is -2.15.